The molecule has 1 aromatic rings. The Bertz CT molecular complexity index is 650. The molecule has 0 bridgehead atoms. The molecule has 150 valence electrons. The van der Waals surface area contributed by atoms with Gasteiger partial charge in [0.1, 0.15) is 0 Å². The first-order valence-electron chi connectivity index (χ1n) is 9.08. The number of guanidine groups is 1. The van der Waals surface area contributed by atoms with E-state index < -0.39 is 4.92 Å². The number of carbonyl (C=O) groups is 1. The van der Waals surface area contributed by atoms with E-state index in [4.69, 9.17) is 0 Å². The number of aliphatic imine (C=N–C) groups is 1. The molecule has 0 heterocycles. The predicted molar refractivity (Wildman–Crippen MR) is 108 cm³/mol. The van der Waals surface area contributed by atoms with Gasteiger partial charge in [0.2, 0.25) is 5.91 Å². The highest BCUT2D eigenvalue weighted by Gasteiger charge is 2.16. The standard InChI is InChI=1S/C19H31N5O3/c1-19(2,3)22-17(25)14-23(5)18(20-4)21-13-7-6-8-15-9-11-16(12-10-15)24(26)27/h9-12H,6-8,13-14H2,1-5H3,(H,20,21)(H,22,25). The molecule has 1 rings (SSSR count). The van der Waals surface area contributed by atoms with E-state index in [0.29, 0.717) is 5.96 Å². The number of likely N-dealkylation sites (N-methyl/N-ethyl adjacent to an activating group) is 1. The van der Waals surface area contributed by atoms with Crippen LogP contribution in [0, 0.1) is 10.1 Å². The molecule has 0 radical (unpaired) electrons. The number of benzene rings is 1. The summed E-state index contributed by atoms with van der Waals surface area (Å²) in [6, 6.07) is 6.66. The van der Waals surface area contributed by atoms with E-state index in [9.17, 15) is 14.9 Å². The molecule has 8 nitrogen and oxygen atoms in total. The Hall–Kier alpha value is -2.64. The van der Waals surface area contributed by atoms with Crippen molar-refractivity contribution < 1.29 is 9.72 Å². The minimum Gasteiger partial charge on any atom is -0.356 e. The maximum atomic E-state index is 12.0. The molecule has 8 heteroatoms. The molecule has 1 aromatic carbocycles. The number of unbranched alkanes of at least 4 members (excludes halogenated alkanes) is 1. The van der Waals surface area contributed by atoms with E-state index in [2.05, 4.69) is 15.6 Å². The Labute approximate surface area is 161 Å². The molecule has 0 spiro atoms. The van der Waals surface area contributed by atoms with Crippen LogP contribution in [0.5, 0.6) is 0 Å². The highest BCUT2D eigenvalue weighted by Crippen LogP contribution is 2.13. The number of hydrogen-bond acceptors (Lipinski definition) is 4. The van der Waals surface area contributed by atoms with Crippen molar-refractivity contribution in [2.75, 3.05) is 27.2 Å². The summed E-state index contributed by atoms with van der Waals surface area (Å²) >= 11 is 0. The molecule has 0 aromatic heterocycles. The van der Waals surface area contributed by atoms with Gasteiger partial charge in [0.15, 0.2) is 5.96 Å². The van der Waals surface area contributed by atoms with Gasteiger partial charge < -0.3 is 15.5 Å². The van der Waals surface area contributed by atoms with Crippen molar-refractivity contribution in [1.29, 1.82) is 0 Å². The average Bonchev–Trinajstić information content (AvgIpc) is 2.56. The number of hydrogen-bond donors (Lipinski definition) is 2. The lowest BCUT2D eigenvalue weighted by molar-refractivity contribution is -0.384. The van der Waals surface area contributed by atoms with Crippen molar-refractivity contribution in [2.45, 2.75) is 45.6 Å². The third-order valence-corrected chi connectivity index (χ3v) is 3.79. The Morgan fingerprint density at radius 3 is 2.37 bits per heavy atom. The minimum absolute atomic E-state index is 0.0499. The van der Waals surface area contributed by atoms with Gasteiger partial charge in [-0.15, -0.1) is 0 Å². The number of aryl methyl sites for hydroxylation is 1. The zero-order valence-corrected chi connectivity index (χ0v) is 16.9. The van der Waals surface area contributed by atoms with Crippen molar-refractivity contribution in [3.63, 3.8) is 0 Å². The van der Waals surface area contributed by atoms with Crippen molar-refractivity contribution >= 4 is 17.6 Å². The summed E-state index contributed by atoms with van der Waals surface area (Å²) in [5, 5.41) is 16.8. The summed E-state index contributed by atoms with van der Waals surface area (Å²) in [4.78, 5) is 28.3. The molecule has 0 aliphatic rings. The van der Waals surface area contributed by atoms with Crippen LogP contribution in [0.3, 0.4) is 0 Å². The van der Waals surface area contributed by atoms with Crippen molar-refractivity contribution in [1.82, 2.24) is 15.5 Å². The van der Waals surface area contributed by atoms with Gasteiger partial charge in [-0.05, 0) is 45.6 Å². The zero-order chi connectivity index (χ0) is 20.4. The summed E-state index contributed by atoms with van der Waals surface area (Å²) < 4.78 is 0. The topological polar surface area (TPSA) is 99.9 Å². The first-order chi connectivity index (χ1) is 12.6. The second-order valence-corrected chi connectivity index (χ2v) is 7.51. The number of carbonyl (C=O) groups excluding carboxylic acids is 1. The normalized spacial score (nSPS) is 11.8. The van der Waals surface area contributed by atoms with Crippen LogP contribution in [0.15, 0.2) is 29.3 Å². The second-order valence-electron chi connectivity index (χ2n) is 7.51. The monoisotopic (exact) mass is 377 g/mol. The summed E-state index contributed by atoms with van der Waals surface area (Å²) in [5.41, 5.74) is 0.941. The molecule has 0 atom stereocenters. The van der Waals surface area contributed by atoms with Crippen molar-refractivity contribution in [2.24, 2.45) is 4.99 Å². The molecule has 0 fully saturated rings. The Morgan fingerprint density at radius 2 is 1.85 bits per heavy atom. The van der Waals surface area contributed by atoms with E-state index >= 15 is 0 Å². The molecule has 1 amide bonds. The van der Waals surface area contributed by atoms with Gasteiger partial charge >= 0.3 is 0 Å². The van der Waals surface area contributed by atoms with Crippen LogP contribution in [0.1, 0.15) is 39.2 Å². The fourth-order valence-electron chi connectivity index (χ4n) is 2.57. The summed E-state index contributed by atoms with van der Waals surface area (Å²) in [6.45, 7) is 6.82. The van der Waals surface area contributed by atoms with Crippen LogP contribution in [-0.4, -0.2) is 54.4 Å². The summed E-state index contributed by atoms with van der Waals surface area (Å²) in [7, 11) is 3.52. The second kappa shape index (κ2) is 10.5. The predicted octanol–water partition coefficient (Wildman–Crippen LogP) is 2.34. The number of amides is 1. The van der Waals surface area contributed by atoms with Gasteiger partial charge in [0, 0.05) is 38.3 Å². The highest BCUT2D eigenvalue weighted by molar-refractivity contribution is 5.86. The number of non-ortho nitro benzene ring substituents is 1. The number of nitrogens with zero attached hydrogens (tertiary/aromatic N) is 3. The minimum atomic E-state index is -0.391. The molecule has 0 saturated carbocycles. The maximum absolute atomic E-state index is 12.0. The Morgan fingerprint density at radius 1 is 1.22 bits per heavy atom. The quantitative estimate of drug-likeness (QED) is 0.238. The molecule has 0 aliphatic carbocycles. The van der Waals surface area contributed by atoms with Gasteiger partial charge in [-0.25, -0.2) is 0 Å². The lowest BCUT2D eigenvalue weighted by Crippen LogP contribution is -2.48. The summed E-state index contributed by atoms with van der Waals surface area (Å²) in [6.07, 6.45) is 2.75. The number of rotatable bonds is 8. The van der Waals surface area contributed by atoms with Crippen LogP contribution in [0.2, 0.25) is 0 Å². The third-order valence-electron chi connectivity index (χ3n) is 3.79. The van der Waals surface area contributed by atoms with Crippen LogP contribution in [-0.2, 0) is 11.2 Å². The van der Waals surface area contributed by atoms with Gasteiger partial charge in [-0.2, -0.15) is 0 Å². The lowest BCUT2D eigenvalue weighted by atomic mass is 10.1. The molecule has 0 saturated heterocycles. The van der Waals surface area contributed by atoms with Gasteiger partial charge in [-0.1, -0.05) is 12.1 Å². The van der Waals surface area contributed by atoms with E-state index in [-0.39, 0.29) is 23.7 Å². The van der Waals surface area contributed by atoms with E-state index in [0.717, 1.165) is 31.4 Å². The number of nitro benzene ring substituents is 1. The largest absolute Gasteiger partial charge is 0.356 e. The fourth-order valence-corrected chi connectivity index (χ4v) is 2.57. The van der Waals surface area contributed by atoms with Crippen LogP contribution in [0.25, 0.3) is 0 Å². The lowest BCUT2D eigenvalue weighted by Gasteiger charge is -2.25. The molecular formula is C19H31N5O3. The maximum Gasteiger partial charge on any atom is 0.269 e. The van der Waals surface area contributed by atoms with E-state index in [1.54, 1.807) is 24.1 Å². The van der Waals surface area contributed by atoms with E-state index in [1.807, 2.05) is 27.8 Å². The molecular weight excluding hydrogens is 346 g/mol. The smallest absolute Gasteiger partial charge is 0.269 e. The van der Waals surface area contributed by atoms with Crippen molar-refractivity contribution in [3.8, 4) is 0 Å². The molecule has 0 aliphatic heterocycles. The molecule has 0 unspecified atom stereocenters. The summed E-state index contributed by atoms with van der Waals surface area (Å²) in [5.74, 6) is 0.625. The zero-order valence-electron chi connectivity index (χ0n) is 16.9. The molecule has 27 heavy (non-hydrogen) atoms. The highest BCUT2D eigenvalue weighted by atomic mass is 16.6. The Kier molecular flexibility index (Phi) is 8.71. The Balaban J connectivity index is 2.32. The molecule has 2 N–H and O–H groups in total. The first kappa shape index (κ1) is 22.4. The first-order valence-corrected chi connectivity index (χ1v) is 9.08. The van der Waals surface area contributed by atoms with Crippen molar-refractivity contribution in [3.05, 3.63) is 39.9 Å². The van der Waals surface area contributed by atoms with Crippen LogP contribution < -0.4 is 10.6 Å². The van der Waals surface area contributed by atoms with Crippen LogP contribution >= 0.6 is 0 Å². The number of nitro groups is 1. The van der Waals surface area contributed by atoms with Gasteiger partial charge in [0.25, 0.3) is 5.69 Å². The third kappa shape index (κ3) is 9.03. The van der Waals surface area contributed by atoms with Crippen LogP contribution in [0.4, 0.5) is 5.69 Å². The average molecular weight is 377 g/mol. The van der Waals surface area contributed by atoms with E-state index in [1.165, 1.54) is 12.1 Å². The van der Waals surface area contributed by atoms with Gasteiger partial charge in [0.05, 0.1) is 11.5 Å². The number of nitrogens with one attached hydrogen (secondary N) is 2. The van der Waals surface area contributed by atoms with Gasteiger partial charge in [-0.3, -0.25) is 19.9 Å². The SMILES string of the molecule is CN=C(NCCCCc1ccc([N+](=O)[O-])cc1)N(C)CC(=O)NC(C)(C)C. The fraction of sp³-hybridized carbons (Fsp3) is 0.579.